The van der Waals surface area contributed by atoms with Crippen molar-refractivity contribution in [1.82, 2.24) is 0 Å². The normalized spacial score (nSPS) is 11.6. The summed E-state index contributed by atoms with van der Waals surface area (Å²) in [5, 5.41) is 0. The summed E-state index contributed by atoms with van der Waals surface area (Å²) in [7, 11) is 2.09. The monoisotopic (exact) mass is 358 g/mol. The Kier molecular flexibility index (Phi) is 15.3. The Labute approximate surface area is 147 Å². The average molecular weight is 359 g/mol. The molecule has 0 N–H and O–H groups in total. The van der Waals surface area contributed by atoms with Crippen LogP contribution in [0.2, 0.25) is 19.1 Å². The van der Waals surface area contributed by atoms with Crippen LogP contribution in [0.25, 0.3) is 0 Å². The molecule has 0 amide bonds. The van der Waals surface area contributed by atoms with Gasteiger partial charge in [0.15, 0.2) is 0 Å². The zero-order valence-corrected chi connectivity index (χ0v) is 18.2. The highest BCUT2D eigenvalue weighted by Crippen LogP contribution is 2.18. The Morgan fingerprint density at radius 1 is 0.696 bits per heavy atom. The summed E-state index contributed by atoms with van der Waals surface area (Å²) in [5.41, 5.74) is 3.36. The van der Waals surface area contributed by atoms with Crippen LogP contribution in [-0.4, -0.2) is 38.9 Å². The molecule has 0 aliphatic heterocycles. The quantitative estimate of drug-likeness (QED) is 0.254. The first-order valence-corrected chi connectivity index (χ1v) is 14.1. The Bertz CT molecular complexity index is 312. The predicted molar refractivity (Wildman–Crippen MR) is 104 cm³/mol. The topological polar surface area (TPSA) is 27.7 Å². The second-order valence-electron chi connectivity index (χ2n) is 6.45. The predicted octanol–water partition coefficient (Wildman–Crippen LogP) is 4.79. The van der Waals surface area contributed by atoms with Crippen molar-refractivity contribution < 1.29 is 13.3 Å². The molecule has 0 unspecified atom stereocenters. The molecule has 0 saturated carbocycles. The molecule has 0 radical (unpaired) electrons. The lowest BCUT2D eigenvalue weighted by atomic mass is 10.1. The summed E-state index contributed by atoms with van der Waals surface area (Å²) in [6.45, 7) is 4.57. The van der Waals surface area contributed by atoms with Gasteiger partial charge in [0.05, 0.1) is 0 Å². The molecule has 5 heteroatoms. The lowest BCUT2D eigenvalue weighted by Gasteiger charge is -2.24. The number of unbranched alkanes of at least 4 members (excludes halogenated alkanes) is 9. The van der Waals surface area contributed by atoms with Crippen molar-refractivity contribution in [2.24, 2.45) is 0 Å². The highest BCUT2D eigenvalue weighted by Gasteiger charge is 2.36. The van der Waals surface area contributed by atoms with E-state index in [9.17, 15) is 0 Å². The molecule has 23 heavy (non-hydrogen) atoms. The van der Waals surface area contributed by atoms with Crippen LogP contribution in [0.5, 0.6) is 0 Å². The Hall–Kier alpha value is -0.126. The van der Waals surface area contributed by atoms with Gasteiger partial charge >= 0.3 is 8.80 Å². The third kappa shape index (κ3) is 12.9. The molecule has 0 aromatic heterocycles. The molecule has 3 nitrogen and oxygen atoms in total. The van der Waals surface area contributed by atoms with Crippen molar-refractivity contribution >= 4 is 17.6 Å². The minimum absolute atomic E-state index is 0.655. The van der Waals surface area contributed by atoms with Crippen molar-refractivity contribution in [3.8, 4) is 11.5 Å². The van der Waals surface area contributed by atoms with Gasteiger partial charge in [0.1, 0.15) is 8.80 Å². The number of rotatable bonds is 14. The van der Waals surface area contributed by atoms with Crippen LogP contribution in [0.15, 0.2) is 0 Å². The first-order valence-electron chi connectivity index (χ1n) is 9.24. The van der Waals surface area contributed by atoms with E-state index in [1.165, 1.54) is 51.4 Å². The summed E-state index contributed by atoms with van der Waals surface area (Å²) in [6, 6.07) is 0.927. The van der Waals surface area contributed by atoms with Crippen LogP contribution in [0, 0.1) is 11.5 Å². The molecule has 0 aliphatic rings. The summed E-state index contributed by atoms with van der Waals surface area (Å²) in [4.78, 5) is 0. The van der Waals surface area contributed by atoms with Crippen LogP contribution >= 0.6 is 0 Å². The van der Waals surface area contributed by atoms with Crippen molar-refractivity contribution in [3.63, 3.8) is 0 Å². The first-order chi connectivity index (χ1) is 11.1. The molecular formula is C18H38O3Si2. The van der Waals surface area contributed by atoms with Crippen molar-refractivity contribution in [3.05, 3.63) is 0 Å². The van der Waals surface area contributed by atoms with Gasteiger partial charge in [-0.15, -0.1) is 11.5 Å². The fraction of sp³-hybridized carbons (Fsp3) is 0.889. The van der Waals surface area contributed by atoms with Crippen molar-refractivity contribution in [1.29, 1.82) is 0 Å². The van der Waals surface area contributed by atoms with Crippen LogP contribution in [-0.2, 0) is 13.3 Å². The third-order valence-electron chi connectivity index (χ3n) is 4.11. The lowest BCUT2D eigenvalue weighted by Crippen LogP contribution is -2.42. The van der Waals surface area contributed by atoms with Gasteiger partial charge in [0.25, 0.3) is 0 Å². The molecule has 0 atom stereocenters. The second-order valence-corrected chi connectivity index (χ2v) is 12.1. The van der Waals surface area contributed by atoms with E-state index in [1.807, 2.05) is 0 Å². The minimum Gasteiger partial charge on any atom is -0.377 e. The maximum absolute atomic E-state index is 5.44. The molecule has 0 spiro atoms. The molecule has 0 heterocycles. The van der Waals surface area contributed by atoms with Crippen LogP contribution in [0.3, 0.4) is 0 Å². The van der Waals surface area contributed by atoms with E-state index in [0.29, 0.717) is 0 Å². The fourth-order valence-electron chi connectivity index (χ4n) is 2.62. The molecule has 0 bridgehead atoms. The van der Waals surface area contributed by atoms with Crippen molar-refractivity contribution in [2.75, 3.05) is 21.3 Å². The fourth-order valence-corrected chi connectivity index (χ4v) is 4.97. The first kappa shape index (κ1) is 22.9. The van der Waals surface area contributed by atoms with Crippen LogP contribution < -0.4 is 0 Å². The Balaban J connectivity index is 3.36. The van der Waals surface area contributed by atoms with Crippen LogP contribution in [0.4, 0.5) is 0 Å². The average Bonchev–Trinajstić information content (AvgIpc) is 2.56. The van der Waals surface area contributed by atoms with Gasteiger partial charge in [0.2, 0.25) is 0 Å². The molecule has 0 rings (SSSR count). The zero-order valence-electron chi connectivity index (χ0n) is 16.1. The van der Waals surface area contributed by atoms with Gasteiger partial charge in [-0.2, -0.15) is 0 Å². The molecule has 0 aromatic carbocycles. The molecule has 0 aliphatic carbocycles. The van der Waals surface area contributed by atoms with E-state index in [0.717, 1.165) is 18.9 Å². The lowest BCUT2D eigenvalue weighted by molar-refractivity contribution is 0.122. The smallest absolute Gasteiger partial charge is 0.377 e. The summed E-state index contributed by atoms with van der Waals surface area (Å²) in [5.74, 6) is 3.32. The molecule has 0 fully saturated rings. The molecule has 0 aromatic rings. The van der Waals surface area contributed by atoms with E-state index in [-0.39, 0.29) is 0 Å². The van der Waals surface area contributed by atoms with E-state index in [2.05, 4.69) is 24.6 Å². The van der Waals surface area contributed by atoms with Gasteiger partial charge in [-0.05, 0) is 12.8 Å². The zero-order chi connectivity index (χ0) is 17.4. The van der Waals surface area contributed by atoms with E-state index in [1.54, 1.807) is 21.3 Å². The SMILES string of the molecule is CO[Si](CCCCCCCCCCCC#C[SiH](C)C)(OC)OC. The Morgan fingerprint density at radius 2 is 1.13 bits per heavy atom. The third-order valence-corrected chi connectivity index (χ3v) is 7.72. The van der Waals surface area contributed by atoms with Gasteiger partial charge in [-0.25, -0.2) is 0 Å². The second kappa shape index (κ2) is 15.4. The number of hydrogen-bond acceptors (Lipinski definition) is 3. The van der Waals surface area contributed by atoms with E-state index >= 15 is 0 Å². The summed E-state index contributed by atoms with van der Waals surface area (Å²) in [6.07, 6.45) is 12.9. The maximum Gasteiger partial charge on any atom is 0.500 e. The molecular weight excluding hydrogens is 320 g/mol. The maximum atomic E-state index is 5.44. The Morgan fingerprint density at radius 3 is 1.57 bits per heavy atom. The van der Waals surface area contributed by atoms with Gasteiger partial charge in [0, 0.05) is 33.8 Å². The standard InChI is InChI=1S/C18H38O3Si2/c1-19-23(20-2,21-3)18-16-14-12-10-8-6-7-9-11-13-15-17-22(4)5/h22H,6-14,16,18H2,1-5H3. The molecule has 0 saturated heterocycles. The van der Waals surface area contributed by atoms with Gasteiger partial charge < -0.3 is 13.3 Å². The number of hydrogen-bond donors (Lipinski definition) is 0. The highest BCUT2D eigenvalue weighted by molar-refractivity contribution is 6.64. The van der Waals surface area contributed by atoms with Gasteiger partial charge in [-0.3, -0.25) is 0 Å². The minimum atomic E-state index is -2.33. The largest absolute Gasteiger partial charge is 0.500 e. The molecule has 136 valence electrons. The van der Waals surface area contributed by atoms with E-state index < -0.39 is 17.6 Å². The summed E-state index contributed by atoms with van der Waals surface area (Å²) >= 11 is 0. The summed E-state index contributed by atoms with van der Waals surface area (Å²) < 4.78 is 16.3. The van der Waals surface area contributed by atoms with Gasteiger partial charge in [-0.1, -0.05) is 58.0 Å². The van der Waals surface area contributed by atoms with Crippen LogP contribution in [0.1, 0.15) is 64.2 Å². The van der Waals surface area contributed by atoms with E-state index in [4.69, 9.17) is 13.3 Å². The highest BCUT2D eigenvalue weighted by atomic mass is 28.4. The van der Waals surface area contributed by atoms with Crippen molar-refractivity contribution in [2.45, 2.75) is 83.3 Å².